The van der Waals surface area contributed by atoms with Gasteiger partial charge in [-0.3, -0.25) is 9.59 Å². The molecule has 1 N–H and O–H groups in total. The highest BCUT2D eigenvalue weighted by Crippen LogP contribution is 2.41. The van der Waals surface area contributed by atoms with Crippen molar-refractivity contribution < 1.29 is 9.18 Å². The number of benzene rings is 1. The summed E-state index contributed by atoms with van der Waals surface area (Å²) in [5, 5.41) is 11.2. The Morgan fingerprint density at radius 2 is 2.10 bits per heavy atom. The number of nitrogens with one attached hydrogen (secondary N) is 1. The van der Waals surface area contributed by atoms with Crippen LogP contribution in [0.1, 0.15) is 37.6 Å². The van der Waals surface area contributed by atoms with Gasteiger partial charge in [-0.25, -0.2) is 9.07 Å². The number of hydrogen-bond donors (Lipinski definition) is 1. The second-order valence-corrected chi connectivity index (χ2v) is 9.65. The molecule has 1 aromatic carbocycles. The molecule has 3 aromatic rings. The molecule has 29 heavy (non-hydrogen) atoms. The maximum atomic E-state index is 13.7. The lowest BCUT2D eigenvalue weighted by Crippen LogP contribution is -2.31. The normalized spacial score (nSPS) is 16.6. The smallest absolute Gasteiger partial charge is 0.279 e. The molecule has 152 valence electrons. The highest BCUT2D eigenvalue weighted by molar-refractivity contribution is 7.18. The minimum atomic E-state index is -0.532. The van der Waals surface area contributed by atoms with E-state index in [2.05, 4.69) is 36.4 Å². The van der Waals surface area contributed by atoms with E-state index in [4.69, 9.17) is 0 Å². The molecule has 6 nitrogen and oxygen atoms in total. The topological polar surface area (TPSA) is 76.9 Å². The average molecular weight is 415 g/mol. The lowest BCUT2D eigenvalue weighted by Gasteiger charge is -2.33. The number of hydrogen-bond acceptors (Lipinski definition) is 5. The largest absolute Gasteiger partial charge is 0.322 e. The van der Waals surface area contributed by atoms with Crippen LogP contribution < -0.4 is 10.9 Å². The maximum absolute atomic E-state index is 13.7. The number of thiophene rings is 1. The molecule has 1 atom stereocenters. The second-order valence-electron chi connectivity index (χ2n) is 8.57. The average Bonchev–Trinajstić information content (AvgIpc) is 3.03. The van der Waals surface area contributed by atoms with E-state index in [1.807, 2.05) is 0 Å². The predicted octanol–water partition coefficient (Wildman–Crippen LogP) is 3.78. The molecule has 2 heterocycles. The van der Waals surface area contributed by atoms with Crippen molar-refractivity contribution in [3.8, 4) is 0 Å². The van der Waals surface area contributed by atoms with E-state index in [0.29, 0.717) is 16.1 Å². The summed E-state index contributed by atoms with van der Waals surface area (Å²) in [6.07, 6.45) is 2.80. The van der Waals surface area contributed by atoms with Gasteiger partial charge in [0.2, 0.25) is 5.91 Å². The molecule has 0 unspecified atom stereocenters. The van der Waals surface area contributed by atoms with Gasteiger partial charge in [-0.1, -0.05) is 38.1 Å². The second kappa shape index (κ2) is 7.33. The molecule has 0 saturated carbocycles. The molecule has 2 aromatic heterocycles. The first-order valence-electron chi connectivity index (χ1n) is 9.66. The number of halogens is 1. The first-order chi connectivity index (χ1) is 13.7. The minimum absolute atomic E-state index is 0.0701. The van der Waals surface area contributed by atoms with Crippen molar-refractivity contribution in [2.24, 2.45) is 11.3 Å². The van der Waals surface area contributed by atoms with Crippen LogP contribution in [0.5, 0.6) is 0 Å². The van der Waals surface area contributed by atoms with Crippen LogP contribution in [-0.2, 0) is 24.2 Å². The molecule has 0 bridgehead atoms. The molecular formula is C21H23FN4O2S. The molecular weight excluding hydrogens is 391 g/mol. The first kappa shape index (κ1) is 19.7. The zero-order valence-electron chi connectivity index (χ0n) is 16.7. The van der Waals surface area contributed by atoms with Gasteiger partial charge in [0.15, 0.2) is 4.83 Å². The number of amides is 1. The van der Waals surface area contributed by atoms with Crippen LogP contribution in [0.25, 0.3) is 10.2 Å². The number of nitrogens with zero attached hydrogens (tertiary/aromatic N) is 3. The van der Waals surface area contributed by atoms with E-state index in [0.717, 1.165) is 29.5 Å². The van der Waals surface area contributed by atoms with E-state index in [9.17, 15) is 14.0 Å². The van der Waals surface area contributed by atoms with Crippen LogP contribution >= 0.6 is 11.3 Å². The molecule has 0 radical (unpaired) electrons. The number of anilines is 1. The van der Waals surface area contributed by atoms with Gasteiger partial charge in [0, 0.05) is 4.88 Å². The van der Waals surface area contributed by atoms with Crippen LogP contribution in [-0.4, -0.2) is 20.9 Å². The molecule has 1 amide bonds. The van der Waals surface area contributed by atoms with E-state index in [1.165, 1.54) is 28.3 Å². The number of aromatic nitrogens is 3. The Bertz CT molecular complexity index is 1150. The zero-order valence-corrected chi connectivity index (χ0v) is 17.5. The van der Waals surface area contributed by atoms with Crippen LogP contribution in [0.2, 0.25) is 0 Å². The van der Waals surface area contributed by atoms with Gasteiger partial charge in [-0.2, -0.15) is 0 Å². The van der Waals surface area contributed by atoms with Crippen molar-refractivity contribution in [2.45, 2.75) is 46.6 Å². The lowest BCUT2D eigenvalue weighted by atomic mass is 9.72. The van der Waals surface area contributed by atoms with Gasteiger partial charge in [0.1, 0.15) is 12.4 Å². The molecule has 1 aliphatic rings. The Hall–Kier alpha value is -2.61. The molecule has 0 saturated heterocycles. The van der Waals surface area contributed by atoms with Gasteiger partial charge >= 0.3 is 0 Å². The van der Waals surface area contributed by atoms with E-state index < -0.39 is 11.7 Å². The van der Waals surface area contributed by atoms with Crippen LogP contribution in [0.15, 0.2) is 29.1 Å². The summed E-state index contributed by atoms with van der Waals surface area (Å²) in [5.41, 5.74) is 1.02. The number of carbonyl (C=O) groups is 1. The Morgan fingerprint density at radius 1 is 1.34 bits per heavy atom. The van der Waals surface area contributed by atoms with Crippen LogP contribution in [0.3, 0.4) is 0 Å². The minimum Gasteiger partial charge on any atom is -0.322 e. The summed E-state index contributed by atoms with van der Waals surface area (Å²) in [6.45, 7) is 6.43. The summed E-state index contributed by atoms with van der Waals surface area (Å²) < 4.78 is 14.8. The lowest BCUT2D eigenvalue weighted by molar-refractivity contribution is -0.117. The van der Waals surface area contributed by atoms with E-state index in [-0.39, 0.29) is 23.2 Å². The molecule has 0 aliphatic heterocycles. The van der Waals surface area contributed by atoms with Crippen molar-refractivity contribution in [3.63, 3.8) is 0 Å². The molecule has 4 rings (SSSR count). The summed E-state index contributed by atoms with van der Waals surface area (Å²) in [6, 6.07) is 5.89. The fourth-order valence-corrected chi connectivity index (χ4v) is 5.09. The van der Waals surface area contributed by atoms with Gasteiger partial charge < -0.3 is 5.32 Å². The van der Waals surface area contributed by atoms with Crippen molar-refractivity contribution >= 4 is 33.1 Å². The van der Waals surface area contributed by atoms with Gasteiger partial charge in [0.25, 0.3) is 5.56 Å². The maximum Gasteiger partial charge on any atom is 0.279 e. The first-order valence-corrected chi connectivity index (χ1v) is 10.5. The van der Waals surface area contributed by atoms with Gasteiger partial charge in [-0.15, -0.1) is 16.4 Å². The quantitative estimate of drug-likeness (QED) is 0.708. The third-order valence-electron chi connectivity index (χ3n) is 5.60. The molecule has 0 spiro atoms. The Kier molecular flexibility index (Phi) is 4.98. The summed E-state index contributed by atoms with van der Waals surface area (Å²) in [5.74, 6) is -0.498. The number of para-hydroxylation sites is 1. The highest BCUT2D eigenvalue weighted by Gasteiger charge is 2.32. The van der Waals surface area contributed by atoms with Crippen molar-refractivity contribution in [1.29, 1.82) is 0 Å². The fraction of sp³-hybridized carbons (Fsp3) is 0.429. The molecule has 0 fully saturated rings. The van der Waals surface area contributed by atoms with E-state index >= 15 is 0 Å². The van der Waals surface area contributed by atoms with Crippen molar-refractivity contribution in [1.82, 2.24) is 15.0 Å². The van der Waals surface area contributed by atoms with Gasteiger partial charge in [-0.05, 0) is 48.3 Å². The number of rotatable bonds is 3. The standard InChI is InChI=1S/C21H23FN4O2S/c1-21(2,3)12-8-9-13-16(10-12)29-19-18(13)20(28)26(25-24-19)11-17(27)23-15-7-5-4-6-14(15)22/h4-7,12H,8-11H2,1-3H3,(H,23,27)/t12-/m0/s1. The summed E-state index contributed by atoms with van der Waals surface area (Å²) in [7, 11) is 0. The fourth-order valence-electron chi connectivity index (χ4n) is 3.86. The number of aryl methyl sites for hydroxylation is 1. The Balaban J connectivity index is 1.61. The van der Waals surface area contributed by atoms with Crippen molar-refractivity contribution in [2.75, 3.05) is 5.32 Å². The third-order valence-corrected chi connectivity index (χ3v) is 6.74. The van der Waals surface area contributed by atoms with E-state index in [1.54, 1.807) is 12.1 Å². The SMILES string of the molecule is CC(C)(C)[C@H]1CCc2c(sc3nnn(CC(=O)Nc4ccccc4F)c(=O)c23)C1. The van der Waals surface area contributed by atoms with Crippen LogP contribution in [0.4, 0.5) is 10.1 Å². The Labute approximate surface area is 171 Å². The monoisotopic (exact) mass is 414 g/mol. The van der Waals surface area contributed by atoms with Crippen molar-refractivity contribution in [3.05, 3.63) is 50.9 Å². The molecule has 8 heteroatoms. The number of fused-ring (bicyclic) bond motifs is 3. The molecule has 1 aliphatic carbocycles. The predicted molar refractivity (Wildman–Crippen MR) is 112 cm³/mol. The zero-order chi connectivity index (χ0) is 20.8. The third kappa shape index (κ3) is 3.81. The van der Waals surface area contributed by atoms with Crippen LogP contribution in [0, 0.1) is 17.2 Å². The highest BCUT2D eigenvalue weighted by atomic mass is 32.1. The van der Waals surface area contributed by atoms with Gasteiger partial charge in [0.05, 0.1) is 11.1 Å². The Morgan fingerprint density at radius 3 is 2.83 bits per heavy atom. The summed E-state index contributed by atoms with van der Waals surface area (Å²) >= 11 is 1.53. The summed E-state index contributed by atoms with van der Waals surface area (Å²) in [4.78, 5) is 27.1. The number of carbonyl (C=O) groups excluding carboxylic acids is 1.